The first-order valence-electron chi connectivity index (χ1n) is 1.97. The molecule has 6 heavy (non-hydrogen) atoms. The van der Waals surface area contributed by atoms with E-state index in [1.165, 1.54) is 0 Å². The number of Topliss-reactive ketones (excluding diaryl/α,β-unsaturated/α-hetero) is 1. The Balaban J connectivity index is 2.47. The van der Waals surface area contributed by atoms with Gasteiger partial charge in [-0.3, -0.25) is 4.79 Å². The molecular weight excluding hydrogens is 76.1 g/mol. The van der Waals surface area contributed by atoms with Crippen LogP contribution in [0.25, 0.3) is 0 Å². The molecule has 0 aromatic rings. The van der Waals surface area contributed by atoms with Gasteiger partial charge in [0.05, 0.1) is 0 Å². The number of rotatable bonds is 0. The fourth-order valence-electron chi connectivity index (χ4n) is 0.506. The minimum atomic E-state index is 0.333. The van der Waals surface area contributed by atoms with E-state index in [1.807, 2.05) is 0 Å². The molecule has 1 fully saturated rings. The van der Waals surface area contributed by atoms with Gasteiger partial charge in [-0.25, -0.2) is 0 Å². The van der Waals surface area contributed by atoms with E-state index in [0.717, 1.165) is 5.57 Å². The van der Waals surface area contributed by atoms with Crippen LogP contribution in [0.2, 0.25) is 0 Å². The van der Waals surface area contributed by atoms with Crippen molar-refractivity contribution in [1.82, 2.24) is 0 Å². The molecule has 0 amide bonds. The predicted octanol–water partition coefficient (Wildman–Crippen LogP) is 0.905. The predicted molar refractivity (Wildman–Crippen MR) is 23.4 cm³/mol. The van der Waals surface area contributed by atoms with E-state index in [1.54, 1.807) is 0 Å². The van der Waals surface area contributed by atoms with Gasteiger partial charge in [0.2, 0.25) is 0 Å². The second-order valence-corrected chi connectivity index (χ2v) is 1.64. The van der Waals surface area contributed by atoms with Crippen molar-refractivity contribution in [3.05, 3.63) is 12.2 Å². The first kappa shape index (κ1) is 3.59. The molecule has 0 unspecified atom stereocenters. The van der Waals surface area contributed by atoms with Crippen LogP contribution < -0.4 is 0 Å². The summed E-state index contributed by atoms with van der Waals surface area (Å²) in [5.74, 6) is 0.333. The van der Waals surface area contributed by atoms with Gasteiger partial charge in [0.1, 0.15) is 5.78 Å². The molecule has 0 N–H and O–H groups in total. The van der Waals surface area contributed by atoms with Crippen LogP contribution >= 0.6 is 0 Å². The van der Waals surface area contributed by atoms with Crippen LogP contribution in [0.5, 0.6) is 0 Å². The Morgan fingerprint density at radius 1 is 1.50 bits per heavy atom. The summed E-state index contributed by atoms with van der Waals surface area (Å²) in [5.41, 5.74) is 1.08. The molecule has 0 atom stereocenters. The topological polar surface area (TPSA) is 17.1 Å². The number of hydrogen-bond donors (Lipinski definition) is 0. The molecule has 0 aliphatic heterocycles. The van der Waals surface area contributed by atoms with E-state index in [2.05, 4.69) is 6.58 Å². The Morgan fingerprint density at radius 2 is 2.00 bits per heavy atom. The van der Waals surface area contributed by atoms with Crippen molar-refractivity contribution < 1.29 is 4.79 Å². The Labute approximate surface area is 36.7 Å². The Bertz CT molecular complexity index is 80.5. The lowest BCUT2D eigenvalue weighted by molar-refractivity contribution is -0.120. The fourth-order valence-corrected chi connectivity index (χ4v) is 0.506. The molecule has 0 aromatic carbocycles. The number of ketones is 1. The van der Waals surface area contributed by atoms with E-state index in [4.69, 9.17) is 0 Å². The Morgan fingerprint density at radius 3 is 2.00 bits per heavy atom. The van der Waals surface area contributed by atoms with Crippen molar-refractivity contribution in [3.63, 3.8) is 0 Å². The second kappa shape index (κ2) is 0.934. The zero-order valence-corrected chi connectivity index (χ0v) is 3.53. The molecule has 1 heteroatoms. The zero-order valence-electron chi connectivity index (χ0n) is 3.53. The van der Waals surface area contributed by atoms with E-state index in [-0.39, 0.29) is 0 Å². The minimum Gasteiger partial charge on any atom is -0.299 e. The molecule has 0 bridgehead atoms. The van der Waals surface area contributed by atoms with Crippen LogP contribution in [0.15, 0.2) is 12.2 Å². The Hall–Kier alpha value is -0.590. The summed E-state index contributed by atoms with van der Waals surface area (Å²) in [6.45, 7) is 3.59. The number of hydrogen-bond acceptors (Lipinski definition) is 1. The van der Waals surface area contributed by atoms with Crippen LogP contribution in [-0.2, 0) is 4.79 Å². The average molecular weight is 82.1 g/mol. The minimum absolute atomic E-state index is 0.333. The normalized spacial score (nSPS) is 20.7. The molecule has 32 valence electrons. The molecule has 1 nitrogen and oxygen atoms in total. The maximum Gasteiger partial charge on any atom is 0.140 e. The van der Waals surface area contributed by atoms with Gasteiger partial charge in [-0.15, -0.1) is 0 Å². The van der Waals surface area contributed by atoms with Crippen molar-refractivity contribution in [2.75, 3.05) is 0 Å². The third kappa shape index (κ3) is 0.361. The molecule has 0 radical (unpaired) electrons. The molecule has 1 aliphatic carbocycles. The lowest BCUT2D eigenvalue weighted by Crippen LogP contribution is -2.11. The largest absolute Gasteiger partial charge is 0.299 e. The zero-order chi connectivity index (χ0) is 4.57. The summed E-state index contributed by atoms with van der Waals surface area (Å²) in [5, 5.41) is 0. The van der Waals surface area contributed by atoms with Crippen LogP contribution in [0.3, 0.4) is 0 Å². The van der Waals surface area contributed by atoms with E-state index in [0.29, 0.717) is 18.6 Å². The van der Waals surface area contributed by atoms with Crippen LogP contribution in [0, 0.1) is 0 Å². The third-order valence-corrected chi connectivity index (χ3v) is 0.894. The monoisotopic (exact) mass is 82.0 g/mol. The second-order valence-electron chi connectivity index (χ2n) is 1.64. The van der Waals surface area contributed by atoms with Crippen LogP contribution in [0.1, 0.15) is 12.8 Å². The van der Waals surface area contributed by atoms with Gasteiger partial charge in [-0.05, 0) is 0 Å². The van der Waals surface area contributed by atoms with E-state index < -0.39 is 0 Å². The summed E-state index contributed by atoms with van der Waals surface area (Å²) < 4.78 is 0. The van der Waals surface area contributed by atoms with Crippen LogP contribution in [0.4, 0.5) is 0 Å². The van der Waals surface area contributed by atoms with Gasteiger partial charge in [-0.1, -0.05) is 12.2 Å². The van der Waals surface area contributed by atoms with E-state index in [9.17, 15) is 4.79 Å². The summed E-state index contributed by atoms with van der Waals surface area (Å²) >= 11 is 0. The summed E-state index contributed by atoms with van der Waals surface area (Å²) in [6.07, 6.45) is 1.28. The molecular formula is C5H6O. The van der Waals surface area contributed by atoms with Gasteiger partial charge in [0, 0.05) is 12.8 Å². The van der Waals surface area contributed by atoms with Crippen molar-refractivity contribution in [2.24, 2.45) is 0 Å². The standard InChI is InChI=1S/C5H6O/c1-4-2-5(6)3-4/h1-3H2. The van der Waals surface area contributed by atoms with Gasteiger partial charge < -0.3 is 0 Å². The molecule has 1 rings (SSSR count). The molecule has 0 spiro atoms. The lowest BCUT2D eigenvalue weighted by atomic mass is 9.93. The average Bonchev–Trinajstić information content (AvgIpc) is 1.33. The van der Waals surface area contributed by atoms with Gasteiger partial charge in [-0.2, -0.15) is 0 Å². The molecule has 1 aliphatic rings. The molecule has 0 aromatic heterocycles. The van der Waals surface area contributed by atoms with E-state index >= 15 is 0 Å². The first-order chi connectivity index (χ1) is 2.79. The number of carbonyl (C=O) groups is 1. The van der Waals surface area contributed by atoms with Gasteiger partial charge >= 0.3 is 0 Å². The maximum absolute atomic E-state index is 10.0. The number of allylic oxidation sites excluding steroid dienone is 1. The van der Waals surface area contributed by atoms with Gasteiger partial charge in [0.15, 0.2) is 0 Å². The summed E-state index contributed by atoms with van der Waals surface area (Å²) in [6, 6.07) is 0. The SMILES string of the molecule is C=C1CC(=O)C1. The molecule has 1 saturated carbocycles. The summed E-state index contributed by atoms with van der Waals surface area (Å²) in [4.78, 5) is 10.0. The van der Waals surface area contributed by atoms with Crippen molar-refractivity contribution in [1.29, 1.82) is 0 Å². The maximum atomic E-state index is 10.0. The smallest absolute Gasteiger partial charge is 0.140 e. The van der Waals surface area contributed by atoms with Crippen molar-refractivity contribution in [3.8, 4) is 0 Å². The number of carbonyl (C=O) groups excluding carboxylic acids is 1. The highest BCUT2D eigenvalue weighted by atomic mass is 16.1. The lowest BCUT2D eigenvalue weighted by Gasteiger charge is -2.10. The highest BCUT2D eigenvalue weighted by Gasteiger charge is 2.15. The highest BCUT2D eigenvalue weighted by Crippen LogP contribution is 2.17. The van der Waals surface area contributed by atoms with Gasteiger partial charge in [0.25, 0.3) is 0 Å². The summed E-state index contributed by atoms with van der Waals surface area (Å²) in [7, 11) is 0. The van der Waals surface area contributed by atoms with Crippen LogP contribution in [-0.4, -0.2) is 5.78 Å². The fraction of sp³-hybridized carbons (Fsp3) is 0.400. The third-order valence-electron chi connectivity index (χ3n) is 0.894. The molecule has 0 heterocycles. The Kier molecular flexibility index (Phi) is 0.560. The highest BCUT2D eigenvalue weighted by molar-refractivity contribution is 5.90. The quantitative estimate of drug-likeness (QED) is 0.397. The van der Waals surface area contributed by atoms with Crippen molar-refractivity contribution >= 4 is 5.78 Å². The first-order valence-corrected chi connectivity index (χ1v) is 1.97. The molecule has 0 saturated heterocycles. The van der Waals surface area contributed by atoms with Crippen molar-refractivity contribution in [2.45, 2.75) is 12.8 Å².